The molecule has 0 aliphatic heterocycles. The molecule has 0 aliphatic carbocycles. The van der Waals surface area contributed by atoms with Gasteiger partial charge in [0.2, 0.25) is 5.91 Å². The number of benzene rings is 1. The molecule has 96 valence electrons. The van der Waals surface area contributed by atoms with E-state index in [0.29, 0.717) is 6.54 Å². The quantitative estimate of drug-likeness (QED) is 0.774. The number of carbonyl (C=O) groups excluding carboxylic acids is 1. The summed E-state index contributed by atoms with van der Waals surface area (Å²) in [5, 5.41) is 11.0. The fourth-order valence-electron chi connectivity index (χ4n) is 1.50. The van der Waals surface area contributed by atoms with Crippen molar-refractivity contribution >= 4 is 5.91 Å². The summed E-state index contributed by atoms with van der Waals surface area (Å²) in [5.74, 6) is -0.270. The van der Waals surface area contributed by atoms with Crippen molar-refractivity contribution in [1.29, 1.82) is 5.26 Å². The Balaban J connectivity index is 2.55. The van der Waals surface area contributed by atoms with Gasteiger partial charge < -0.3 is 14.8 Å². The number of ether oxygens (including phenoxy) is 2. The van der Waals surface area contributed by atoms with Crippen LogP contribution in [0.25, 0.3) is 0 Å². The number of carbonyl (C=O) groups is 1. The van der Waals surface area contributed by atoms with Crippen molar-refractivity contribution < 1.29 is 14.3 Å². The van der Waals surface area contributed by atoms with Crippen LogP contribution in [0.4, 0.5) is 0 Å². The van der Waals surface area contributed by atoms with Gasteiger partial charge in [0.05, 0.1) is 6.07 Å². The van der Waals surface area contributed by atoms with Crippen molar-refractivity contribution in [3.63, 3.8) is 0 Å². The number of methoxy groups -OCH3 is 2. The van der Waals surface area contributed by atoms with E-state index in [4.69, 9.17) is 14.7 Å². The smallest absolute Gasteiger partial charge is 0.234 e. The highest BCUT2D eigenvalue weighted by Crippen LogP contribution is 2.17. The van der Waals surface area contributed by atoms with Crippen LogP contribution in [0, 0.1) is 11.3 Å². The van der Waals surface area contributed by atoms with E-state index in [9.17, 15) is 4.79 Å². The van der Waals surface area contributed by atoms with Gasteiger partial charge in [0.1, 0.15) is 6.42 Å². The van der Waals surface area contributed by atoms with Crippen molar-refractivity contribution in [2.24, 2.45) is 0 Å². The van der Waals surface area contributed by atoms with E-state index in [0.717, 1.165) is 11.1 Å². The number of amides is 1. The van der Waals surface area contributed by atoms with Crippen LogP contribution in [-0.2, 0) is 20.8 Å². The van der Waals surface area contributed by atoms with E-state index in [-0.39, 0.29) is 18.6 Å². The number of nitrogens with zero attached hydrogens (tertiary/aromatic N) is 1. The summed E-state index contributed by atoms with van der Waals surface area (Å²) in [6.45, 7) is 0.408. The SMILES string of the molecule is COC(OC)c1ccc(CNC(=O)CC#N)cc1. The molecular weight excluding hydrogens is 232 g/mol. The Morgan fingerprint density at radius 1 is 1.33 bits per heavy atom. The lowest BCUT2D eigenvalue weighted by Crippen LogP contribution is -2.21. The number of nitriles is 1. The topological polar surface area (TPSA) is 71.3 Å². The average Bonchev–Trinajstić information content (AvgIpc) is 2.39. The van der Waals surface area contributed by atoms with Crippen LogP contribution in [0.1, 0.15) is 23.8 Å². The summed E-state index contributed by atoms with van der Waals surface area (Å²) in [6.07, 6.45) is -0.500. The van der Waals surface area contributed by atoms with E-state index < -0.39 is 0 Å². The molecule has 1 aromatic carbocycles. The highest BCUT2D eigenvalue weighted by molar-refractivity contribution is 5.77. The highest BCUT2D eigenvalue weighted by Gasteiger charge is 2.08. The summed E-state index contributed by atoms with van der Waals surface area (Å²) in [5.41, 5.74) is 1.86. The molecule has 0 bridgehead atoms. The minimum absolute atomic E-state index is 0.118. The molecule has 18 heavy (non-hydrogen) atoms. The lowest BCUT2D eigenvalue weighted by atomic mass is 10.1. The van der Waals surface area contributed by atoms with Crippen LogP contribution in [0.5, 0.6) is 0 Å². The van der Waals surface area contributed by atoms with E-state index in [1.54, 1.807) is 20.3 Å². The maximum atomic E-state index is 11.1. The number of rotatable bonds is 6. The summed E-state index contributed by atoms with van der Waals surface area (Å²) in [7, 11) is 3.15. The molecule has 5 heteroatoms. The Hall–Kier alpha value is -1.90. The third-order valence-electron chi connectivity index (χ3n) is 2.41. The Labute approximate surface area is 106 Å². The van der Waals surface area contributed by atoms with Gasteiger partial charge >= 0.3 is 0 Å². The second-order valence-corrected chi connectivity index (χ2v) is 3.66. The number of hydrogen-bond donors (Lipinski definition) is 1. The summed E-state index contributed by atoms with van der Waals surface area (Å²) < 4.78 is 10.3. The van der Waals surface area contributed by atoms with Gasteiger partial charge in [-0.1, -0.05) is 24.3 Å². The maximum absolute atomic E-state index is 11.1. The van der Waals surface area contributed by atoms with E-state index in [1.165, 1.54) is 0 Å². The zero-order valence-corrected chi connectivity index (χ0v) is 10.5. The summed E-state index contributed by atoms with van der Waals surface area (Å²) in [6, 6.07) is 9.32. The molecule has 0 unspecified atom stereocenters. The fourth-order valence-corrected chi connectivity index (χ4v) is 1.50. The lowest BCUT2D eigenvalue weighted by Gasteiger charge is -2.14. The highest BCUT2D eigenvalue weighted by atomic mass is 16.7. The van der Waals surface area contributed by atoms with Gasteiger partial charge in [-0.25, -0.2) is 0 Å². The van der Waals surface area contributed by atoms with Gasteiger partial charge in [0.15, 0.2) is 6.29 Å². The van der Waals surface area contributed by atoms with Gasteiger partial charge in [0.25, 0.3) is 0 Å². The first-order valence-corrected chi connectivity index (χ1v) is 5.49. The molecule has 1 amide bonds. The molecule has 0 atom stereocenters. The average molecular weight is 248 g/mol. The molecule has 0 saturated carbocycles. The molecular formula is C13H16N2O3. The van der Waals surface area contributed by atoms with Crippen molar-refractivity contribution in [3.8, 4) is 6.07 Å². The molecule has 0 aliphatic rings. The molecule has 0 saturated heterocycles. The van der Waals surface area contributed by atoms with Crippen LogP contribution >= 0.6 is 0 Å². The Morgan fingerprint density at radius 3 is 2.44 bits per heavy atom. The normalized spacial score (nSPS) is 10.1. The molecule has 0 heterocycles. The Morgan fingerprint density at radius 2 is 1.94 bits per heavy atom. The number of hydrogen-bond acceptors (Lipinski definition) is 4. The second-order valence-electron chi connectivity index (χ2n) is 3.66. The predicted octanol–water partition coefficient (Wildman–Crippen LogP) is 1.51. The van der Waals surface area contributed by atoms with Crippen molar-refractivity contribution in [1.82, 2.24) is 5.32 Å². The molecule has 0 aromatic heterocycles. The molecule has 0 fully saturated rings. The summed E-state index contributed by atoms with van der Waals surface area (Å²) >= 11 is 0. The molecule has 1 N–H and O–H groups in total. The third kappa shape index (κ3) is 4.17. The minimum Gasteiger partial charge on any atom is -0.352 e. The largest absolute Gasteiger partial charge is 0.352 e. The van der Waals surface area contributed by atoms with E-state index in [2.05, 4.69) is 5.32 Å². The van der Waals surface area contributed by atoms with E-state index >= 15 is 0 Å². The Kier molecular flexibility index (Phi) is 5.85. The monoisotopic (exact) mass is 248 g/mol. The zero-order chi connectivity index (χ0) is 13.4. The minimum atomic E-state index is -0.382. The van der Waals surface area contributed by atoms with Crippen molar-refractivity contribution in [2.75, 3.05) is 14.2 Å². The molecule has 1 rings (SSSR count). The van der Waals surface area contributed by atoms with Gasteiger partial charge in [0, 0.05) is 26.3 Å². The van der Waals surface area contributed by atoms with Crippen LogP contribution in [0.3, 0.4) is 0 Å². The second kappa shape index (κ2) is 7.43. The van der Waals surface area contributed by atoms with Crippen LogP contribution in [0.15, 0.2) is 24.3 Å². The van der Waals surface area contributed by atoms with Gasteiger partial charge in [-0.2, -0.15) is 5.26 Å². The molecule has 0 spiro atoms. The first-order chi connectivity index (χ1) is 8.71. The van der Waals surface area contributed by atoms with Gasteiger partial charge in [-0.05, 0) is 5.56 Å². The summed E-state index contributed by atoms with van der Waals surface area (Å²) in [4.78, 5) is 11.1. The lowest BCUT2D eigenvalue weighted by molar-refractivity contribution is -0.120. The standard InChI is InChI=1S/C13H16N2O3/c1-17-13(18-2)11-5-3-10(4-6-11)9-15-12(16)7-8-14/h3-6,13H,7,9H2,1-2H3,(H,15,16). The van der Waals surface area contributed by atoms with Crippen LogP contribution < -0.4 is 5.32 Å². The Bertz CT molecular complexity index is 419. The van der Waals surface area contributed by atoms with Crippen molar-refractivity contribution in [3.05, 3.63) is 35.4 Å². The molecule has 1 aromatic rings. The molecule has 5 nitrogen and oxygen atoms in total. The zero-order valence-electron chi connectivity index (χ0n) is 10.5. The maximum Gasteiger partial charge on any atom is 0.234 e. The first kappa shape index (κ1) is 14.2. The fraction of sp³-hybridized carbons (Fsp3) is 0.385. The molecule has 0 radical (unpaired) electrons. The van der Waals surface area contributed by atoms with Gasteiger partial charge in [-0.15, -0.1) is 0 Å². The third-order valence-corrected chi connectivity index (χ3v) is 2.41. The van der Waals surface area contributed by atoms with Crippen LogP contribution in [0.2, 0.25) is 0 Å². The van der Waals surface area contributed by atoms with E-state index in [1.807, 2.05) is 24.3 Å². The van der Waals surface area contributed by atoms with Crippen molar-refractivity contribution in [2.45, 2.75) is 19.3 Å². The first-order valence-electron chi connectivity index (χ1n) is 5.49. The van der Waals surface area contributed by atoms with Crippen LogP contribution in [-0.4, -0.2) is 20.1 Å². The van der Waals surface area contributed by atoms with Gasteiger partial charge in [-0.3, -0.25) is 4.79 Å². The predicted molar refractivity (Wildman–Crippen MR) is 65.3 cm³/mol. The number of nitrogens with one attached hydrogen (secondary N) is 1.